The minimum absolute atomic E-state index is 0.404. The van der Waals surface area contributed by atoms with Gasteiger partial charge >= 0.3 is 24.0 Å². The van der Waals surface area contributed by atoms with E-state index < -0.39 is 48.1 Å². The van der Waals surface area contributed by atoms with Gasteiger partial charge in [0.1, 0.15) is 0 Å². The third kappa shape index (κ3) is 3.50. The van der Waals surface area contributed by atoms with E-state index >= 15 is 0 Å². The van der Waals surface area contributed by atoms with Gasteiger partial charge in [-0.15, -0.1) is 0 Å². The summed E-state index contributed by atoms with van der Waals surface area (Å²) in [4.78, 5) is 33.2. The molecule has 0 saturated heterocycles. The summed E-state index contributed by atoms with van der Waals surface area (Å²) < 4.78 is 91.4. The number of alkyl halides is 7. The van der Waals surface area contributed by atoms with Gasteiger partial charge in [0.05, 0.1) is 6.61 Å². The molecule has 0 saturated carbocycles. The van der Waals surface area contributed by atoms with Crippen LogP contribution in [0, 0.1) is 5.92 Å². The summed E-state index contributed by atoms with van der Waals surface area (Å²) in [5, 5.41) is 0. The molecule has 0 aromatic carbocycles. The van der Waals surface area contributed by atoms with E-state index in [1.807, 2.05) is 0 Å². The number of ether oxygens (including phenoxy) is 1. The SMILES string of the molecule is CCOC(=O)C(C(C)=O)C(=O)C(F)(F)C(F)(F)C(F)(F)F. The van der Waals surface area contributed by atoms with Gasteiger partial charge in [-0.2, -0.15) is 30.7 Å². The van der Waals surface area contributed by atoms with Crippen LogP contribution in [0.3, 0.4) is 0 Å². The molecule has 21 heavy (non-hydrogen) atoms. The van der Waals surface area contributed by atoms with Crippen molar-refractivity contribution >= 4 is 17.5 Å². The lowest BCUT2D eigenvalue weighted by atomic mass is 9.92. The molecule has 0 fully saturated rings. The first-order valence-electron chi connectivity index (χ1n) is 5.25. The van der Waals surface area contributed by atoms with Crippen LogP contribution in [0.25, 0.3) is 0 Å². The minimum atomic E-state index is -6.75. The van der Waals surface area contributed by atoms with Crippen LogP contribution in [0.2, 0.25) is 0 Å². The van der Waals surface area contributed by atoms with Crippen LogP contribution >= 0.6 is 0 Å². The molecule has 0 aliphatic heterocycles. The molecule has 0 heterocycles. The van der Waals surface area contributed by atoms with Crippen molar-refractivity contribution in [2.75, 3.05) is 6.61 Å². The normalized spacial score (nSPS) is 14.5. The third-order valence-corrected chi connectivity index (χ3v) is 2.25. The Balaban J connectivity index is 5.74. The number of ketones is 2. The Labute approximate surface area is 113 Å². The Morgan fingerprint density at radius 1 is 1.00 bits per heavy atom. The number of Topliss-reactive ketones (excluding diaryl/α,β-unsaturated/α-hetero) is 2. The second-order valence-electron chi connectivity index (χ2n) is 3.81. The Morgan fingerprint density at radius 3 is 1.71 bits per heavy atom. The molecule has 0 rings (SSSR count). The fourth-order valence-electron chi connectivity index (χ4n) is 1.20. The highest BCUT2D eigenvalue weighted by atomic mass is 19.4. The van der Waals surface area contributed by atoms with Gasteiger partial charge in [0.25, 0.3) is 0 Å². The molecule has 0 N–H and O–H groups in total. The fourth-order valence-corrected chi connectivity index (χ4v) is 1.20. The van der Waals surface area contributed by atoms with E-state index in [1.165, 1.54) is 0 Å². The zero-order valence-corrected chi connectivity index (χ0v) is 10.6. The molecule has 0 bridgehead atoms. The van der Waals surface area contributed by atoms with Crippen molar-refractivity contribution in [3.8, 4) is 0 Å². The van der Waals surface area contributed by atoms with Crippen molar-refractivity contribution in [2.24, 2.45) is 5.92 Å². The van der Waals surface area contributed by atoms with Crippen molar-refractivity contribution in [3.63, 3.8) is 0 Å². The van der Waals surface area contributed by atoms with Gasteiger partial charge in [0.15, 0.2) is 11.7 Å². The van der Waals surface area contributed by atoms with Gasteiger partial charge in [-0.25, -0.2) is 0 Å². The lowest BCUT2D eigenvalue weighted by molar-refractivity contribution is -0.344. The van der Waals surface area contributed by atoms with Gasteiger partial charge < -0.3 is 4.74 Å². The number of hydrogen-bond acceptors (Lipinski definition) is 4. The molecule has 1 atom stereocenters. The first-order chi connectivity index (χ1) is 9.21. The quantitative estimate of drug-likeness (QED) is 0.426. The summed E-state index contributed by atoms with van der Waals surface area (Å²) in [6.45, 7) is 1.04. The Morgan fingerprint density at radius 2 is 1.43 bits per heavy atom. The Hall–Kier alpha value is -1.68. The number of carbonyl (C=O) groups excluding carboxylic acids is 3. The second-order valence-corrected chi connectivity index (χ2v) is 3.81. The number of carbonyl (C=O) groups is 3. The van der Waals surface area contributed by atoms with Crippen molar-refractivity contribution < 1.29 is 49.9 Å². The monoisotopic (exact) mass is 326 g/mol. The van der Waals surface area contributed by atoms with E-state index in [0.29, 0.717) is 6.92 Å². The summed E-state index contributed by atoms with van der Waals surface area (Å²) in [5.41, 5.74) is 0. The van der Waals surface area contributed by atoms with Crippen LogP contribution in [-0.4, -0.2) is 42.2 Å². The van der Waals surface area contributed by atoms with Gasteiger partial charge in [-0.1, -0.05) is 0 Å². The van der Waals surface area contributed by atoms with Crippen LogP contribution < -0.4 is 0 Å². The van der Waals surface area contributed by atoms with E-state index in [1.54, 1.807) is 0 Å². The highest BCUT2D eigenvalue weighted by molar-refractivity contribution is 6.18. The van der Waals surface area contributed by atoms with Crippen molar-refractivity contribution in [3.05, 3.63) is 0 Å². The zero-order chi connectivity index (χ0) is 17.2. The van der Waals surface area contributed by atoms with Crippen LogP contribution in [0.15, 0.2) is 0 Å². The number of hydrogen-bond donors (Lipinski definition) is 0. The molecule has 0 amide bonds. The summed E-state index contributed by atoms with van der Waals surface area (Å²) in [6.07, 6.45) is -6.75. The van der Waals surface area contributed by atoms with Crippen molar-refractivity contribution in [1.82, 2.24) is 0 Å². The predicted octanol–water partition coefficient (Wildman–Crippen LogP) is 2.16. The van der Waals surface area contributed by atoms with Crippen molar-refractivity contribution in [1.29, 1.82) is 0 Å². The Bertz CT molecular complexity index is 441. The van der Waals surface area contributed by atoms with Gasteiger partial charge in [-0.05, 0) is 13.8 Å². The average Bonchev–Trinajstić information content (AvgIpc) is 2.26. The maximum absolute atomic E-state index is 13.1. The van der Waals surface area contributed by atoms with Gasteiger partial charge in [0, 0.05) is 0 Å². The number of rotatable bonds is 6. The molecule has 0 spiro atoms. The van der Waals surface area contributed by atoms with Crippen LogP contribution in [0.4, 0.5) is 30.7 Å². The van der Waals surface area contributed by atoms with E-state index in [-0.39, 0.29) is 0 Å². The molecule has 0 aliphatic rings. The van der Waals surface area contributed by atoms with Crippen LogP contribution in [0.5, 0.6) is 0 Å². The van der Waals surface area contributed by atoms with E-state index in [4.69, 9.17) is 0 Å². The minimum Gasteiger partial charge on any atom is -0.465 e. The highest BCUT2D eigenvalue weighted by Gasteiger charge is 2.77. The molecule has 122 valence electrons. The zero-order valence-electron chi connectivity index (χ0n) is 10.6. The van der Waals surface area contributed by atoms with E-state index in [0.717, 1.165) is 6.92 Å². The number of halogens is 7. The molecule has 4 nitrogen and oxygen atoms in total. The summed E-state index contributed by atoms with van der Waals surface area (Å²) in [5.74, 6) is -22.8. The smallest absolute Gasteiger partial charge is 0.460 e. The summed E-state index contributed by atoms with van der Waals surface area (Å²) in [6, 6.07) is 0. The molecular formula is C10H9F7O4. The molecule has 0 aliphatic carbocycles. The molecule has 1 unspecified atom stereocenters. The maximum Gasteiger partial charge on any atom is 0.460 e. The lowest BCUT2D eigenvalue weighted by Crippen LogP contribution is -2.59. The topological polar surface area (TPSA) is 60.4 Å². The first-order valence-corrected chi connectivity index (χ1v) is 5.25. The van der Waals surface area contributed by atoms with Gasteiger partial charge in [0.2, 0.25) is 5.78 Å². The first kappa shape index (κ1) is 19.3. The van der Waals surface area contributed by atoms with Crippen LogP contribution in [-0.2, 0) is 19.1 Å². The average molecular weight is 326 g/mol. The lowest BCUT2D eigenvalue weighted by Gasteiger charge is -2.28. The number of esters is 1. The van der Waals surface area contributed by atoms with E-state index in [2.05, 4.69) is 4.74 Å². The summed E-state index contributed by atoms with van der Waals surface area (Å²) >= 11 is 0. The van der Waals surface area contributed by atoms with Crippen molar-refractivity contribution in [2.45, 2.75) is 31.9 Å². The molecular weight excluding hydrogens is 317 g/mol. The molecule has 0 radical (unpaired) electrons. The highest BCUT2D eigenvalue weighted by Crippen LogP contribution is 2.47. The third-order valence-electron chi connectivity index (χ3n) is 2.25. The summed E-state index contributed by atoms with van der Waals surface area (Å²) in [7, 11) is 0. The second kappa shape index (κ2) is 5.98. The largest absolute Gasteiger partial charge is 0.465 e. The van der Waals surface area contributed by atoms with Crippen LogP contribution in [0.1, 0.15) is 13.8 Å². The maximum atomic E-state index is 13.1. The predicted molar refractivity (Wildman–Crippen MR) is 51.8 cm³/mol. The van der Waals surface area contributed by atoms with E-state index in [9.17, 15) is 45.1 Å². The molecule has 11 heteroatoms. The molecule has 0 aromatic rings. The molecule has 0 aromatic heterocycles. The standard InChI is InChI=1S/C10H9F7O4/c1-3-21-7(20)5(4(2)18)6(19)8(11,12)9(13,14)10(15,16)17/h5H,3H2,1-2H3. The Kier molecular flexibility index (Phi) is 5.50. The van der Waals surface area contributed by atoms with Gasteiger partial charge in [-0.3, -0.25) is 14.4 Å². The fraction of sp³-hybridized carbons (Fsp3) is 0.700.